The lowest BCUT2D eigenvalue weighted by molar-refractivity contribution is -0.134. The van der Waals surface area contributed by atoms with Gasteiger partial charge in [0.05, 0.1) is 30.9 Å². The van der Waals surface area contributed by atoms with E-state index in [1.54, 1.807) is 18.6 Å². The zero-order valence-corrected chi connectivity index (χ0v) is 20.9. The highest BCUT2D eigenvalue weighted by Crippen LogP contribution is 2.23. The topological polar surface area (TPSA) is 137 Å². The van der Waals surface area contributed by atoms with Crippen LogP contribution in [0.1, 0.15) is 65.2 Å². The third kappa shape index (κ3) is 7.84. The number of nitrogens with zero attached hydrogens (tertiary/aromatic N) is 4. The summed E-state index contributed by atoms with van der Waals surface area (Å²) in [7, 11) is 1.50. The molecule has 2 N–H and O–H groups in total. The van der Waals surface area contributed by atoms with Gasteiger partial charge in [-0.05, 0) is 53.4 Å². The Balaban J connectivity index is 1.55. The van der Waals surface area contributed by atoms with Gasteiger partial charge in [0.1, 0.15) is 5.60 Å². The van der Waals surface area contributed by atoms with Crippen LogP contribution in [0, 0.1) is 0 Å². The number of ether oxygens (including phenoxy) is 3. The molecule has 11 nitrogen and oxygen atoms in total. The lowest BCUT2D eigenvalue weighted by Crippen LogP contribution is -2.46. The molecule has 11 heteroatoms. The molecule has 190 valence electrons. The van der Waals surface area contributed by atoms with E-state index in [0.29, 0.717) is 23.6 Å². The molecule has 1 aliphatic rings. The molecule has 2 aromatic rings. The molecule has 0 aliphatic heterocycles. The molecule has 0 radical (unpaired) electrons. The van der Waals surface area contributed by atoms with Crippen LogP contribution in [0.4, 0.5) is 4.79 Å². The van der Waals surface area contributed by atoms with Crippen molar-refractivity contribution in [3.05, 3.63) is 30.5 Å². The zero-order valence-electron chi connectivity index (χ0n) is 20.9. The second-order valence-corrected chi connectivity index (χ2v) is 9.32. The first-order valence-electron chi connectivity index (χ1n) is 11.8. The number of hydrogen-bond donors (Lipinski definition) is 2. The average Bonchev–Trinajstić information content (AvgIpc) is 2.83. The van der Waals surface area contributed by atoms with Crippen molar-refractivity contribution in [2.75, 3.05) is 13.7 Å². The minimum atomic E-state index is -0.869. The van der Waals surface area contributed by atoms with Gasteiger partial charge in [0, 0.05) is 36.6 Å². The minimum Gasteiger partial charge on any atom is -0.467 e. The summed E-state index contributed by atoms with van der Waals surface area (Å²) in [6.45, 7) is 7.67. The smallest absolute Gasteiger partial charge is 0.407 e. The Bertz CT molecular complexity index is 969. The van der Waals surface area contributed by atoms with Crippen LogP contribution in [0.15, 0.2) is 24.8 Å². The second-order valence-electron chi connectivity index (χ2n) is 9.32. The summed E-state index contributed by atoms with van der Waals surface area (Å²) in [4.78, 5) is 42.0. The highest BCUT2D eigenvalue weighted by molar-refractivity contribution is 5.82. The van der Waals surface area contributed by atoms with Crippen LogP contribution < -0.4 is 15.4 Å². The van der Waals surface area contributed by atoms with Crippen molar-refractivity contribution in [1.82, 2.24) is 30.6 Å². The molecule has 3 rings (SSSR count). The lowest BCUT2D eigenvalue weighted by atomic mass is 9.91. The first kappa shape index (κ1) is 26.3. The van der Waals surface area contributed by atoms with Crippen LogP contribution in [-0.4, -0.2) is 63.3 Å². The zero-order chi connectivity index (χ0) is 25.4. The molecule has 35 heavy (non-hydrogen) atoms. The number of nitrogens with one attached hydrogen (secondary N) is 2. The number of carbonyl (C=O) groups excluding carboxylic acids is 2. The number of rotatable bonds is 8. The van der Waals surface area contributed by atoms with Gasteiger partial charge < -0.3 is 24.8 Å². The molecule has 0 aromatic carbocycles. The molecule has 2 heterocycles. The van der Waals surface area contributed by atoms with E-state index >= 15 is 0 Å². The van der Waals surface area contributed by atoms with E-state index < -0.39 is 17.8 Å². The summed E-state index contributed by atoms with van der Waals surface area (Å²) >= 11 is 0. The molecule has 1 saturated carbocycles. The monoisotopic (exact) mass is 486 g/mol. The minimum absolute atomic E-state index is 0.00850. The molecular weight excluding hydrogens is 452 g/mol. The van der Waals surface area contributed by atoms with E-state index in [1.807, 2.05) is 27.7 Å². The van der Waals surface area contributed by atoms with Crippen LogP contribution in [0.5, 0.6) is 6.01 Å². The fraction of sp³-hybridized carbons (Fsp3) is 0.583. The predicted molar refractivity (Wildman–Crippen MR) is 128 cm³/mol. The van der Waals surface area contributed by atoms with Crippen LogP contribution in [0.3, 0.4) is 0 Å². The third-order valence-electron chi connectivity index (χ3n) is 5.41. The van der Waals surface area contributed by atoms with Crippen molar-refractivity contribution >= 4 is 12.0 Å². The van der Waals surface area contributed by atoms with E-state index in [0.717, 1.165) is 25.7 Å². The SMILES string of the molecule is CCOC(C(=O)NC1CCC(NC(=O)OC(C)(C)C)CC1)c1cnc(-c2cnc(OC)nc2)cn1. The van der Waals surface area contributed by atoms with Crippen molar-refractivity contribution in [2.45, 2.75) is 77.2 Å². The van der Waals surface area contributed by atoms with Crippen LogP contribution >= 0.6 is 0 Å². The molecule has 0 bridgehead atoms. The number of hydrogen-bond acceptors (Lipinski definition) is 9. The first-order valence-corrected chi connectivity index (χ1v) is 11.8. The van der Waals surface area contributed by atoms with Crippen molar-refractivity contribution in [3.8, 4) is 17.3 Å². The van der Waals surface area contributed by atoms with Crippen LogP contribution in [0.25, 0.3) is 11.3 Å². The van der Waals surface area contributed by atoms with Gasteiger partial charge in [0.15, 0.2) is 6.10 Å². The molecule has 0 saturated heterocycles. The second kappa shape index (κ2) is 11.9. The highest BCUT2D eigenvalue weighted by atomic mass is 16.6. The number of amides is 2. The summed E-state index contributed by atoms with van der Waals surface area (Å²) in [6.07, 6.45) is 7.99. The number of carbonyl (C=O) groups is 2. The average molecular weight is 487 g/mol. The number of alkyl carbamates (subject to hydrolysis) is 1. The van der Waals surface area contributed by atoms with Gasteiger partial charge in [-0.15, -0.1) is 0 Å². The van der Waals surface area contributed by atoms with E-state index in [-0.39, 0.29) is 24.0 Å². The highest BCUT2D eigenvalue weighted by Gasteiger charge is 2.29. The molecule has 1 atom stereocenters. The maximum atomic E-state index is 13.0. The summed E-state index contributed by atoms with van der Waals surface area (Å²) in [5.41, 5.74) is 1.14. The molecule has 1 unspecified atom stereocenters. The number of methoxy groups -OCH3 is 1. The van der Waals surface area contributed by atoms with Gasteiger partial charge >= 0.3 is 12.1 Å². The van der Waals surface area contributed by atoms with Gasteiger partial charge in [-0.1, -0.05) is 0 Å². The predicted octanol–water partition coefficient (Wildman–Crippen LogP) is 2.97. The Labute approximate surface area is 205 Å². The van der Waals surface area contributed by atoms with Crippen LogP contribution in [0.2, 0.25) is 0 Å². The molecule has 2 amide bonds. The Kier molecular flexibility index (Phi) is 8.91. The van der Waals surface area contributed by atoms with Gasteiger partial charge in [-0.25, -0.2) is 14.8 Å². The van der Waals surface area contributed by atoms with Gasteiger partial charge in [-0.3, -0.25) is 14.8 Å². The Hall–Kier alpha value is -3.34. The van der Waals surface area contributed by atoms with E-state index in [9.17, 15) is 9.59 Å². The third-order valence-corrected chi connectivity index (χ3v) is 5.41. The normalized spacial score (nSPS) is 18.9. The van der Waals surface area contributed by atoms with Gasteiger partial charge in [0.25, 0.3) is 5.91 Å². The Morgan fingerprint density at radius 2 is 1.60 bits per heavy atom. The molecule has 0 spiro atoms. The van der Waals surface area contributed by atoms with Crippen molar-refractivity contribution in [2.24, 2.45) is 0 Å². The fourth-order valence-electron chi connectivity index (χ4n) is 3.77. The van der Waals surface area contributed by atoms with E-state index in [1.165, 1.54) is 13.3 Å². The molecular formula is C24H34N6O5. The van der Waals surface area contributed by atoms with Crippen LogP contribution in [-0.2, 0) is 14.3 Å². The van der Waals surface area contributed by atoms with Gasteiger partial charge in [-0.2, -0.15) is 0 Å². The standard InChI is InChI=1S/C24H34N6O5/c1-6-34-20(19-14-25-18(13-26-19)15-11-27-22(33-5)28-12-15)21(31)29-16-7-9-17(10-8-16)30-23(32)35-24(2,3)4/h11-14,16-17,20H,6-10H2,1-5H3,(H,29,31)(H,30,32). The van der Waals surface area contributed by atoms with Crippen molar-refractivity contribution < 1.29 is 23.8 Å². The fourth-order valence-corrected chi connectivity index (χ4v) is 3.77. The largest absolute Gasteiger partial charge is 0.467 e. The maximum absolute atomic E-state index is 13.0. The summed E-state index contributed by atoms with van der Waals surface area (Å²) < 4.78 is 16.0. The Morgan fingerprint density at radius 3 is 2.11 bits per heavy atom. The lowest BCUT2D eigenvalue weighted by Gasteiger charge is -2.31. The summed E-state index contributed by atoms with van der Waals surface area (Å²) in [6, 6.07) is 0.285. The van der Waals surface area contributed by atoms with Gasteiger partial charge in [0.2, 0.25) is 0 Å². The summed E-state index contributed by atoms with van der Waals surface area (Å²) in [5.74, 6) is -0.259. The summed E-state index contributed by atoms with van der Waals surface area (Å²) in [5, 5.41) is 5.97. The first-order chi connectivity index (χ1) is 16.7. The molecule has 1 aliphatic carbocycles. The molecule has 2 aromatic heterocycles. The Morgan fingerprint density at radius 1 is 0.971 bits per heavy atom. The van der Waals surface area contributed by atoms with E-state index in [4.69, 9.17) is 14.2 Å². The quantitative estimate of drug-likeness (QED) is 0.577. The number of aromatic nitrogens is 4. The van der Waals surface area contributed by atoms with Crippen molar-refractivity contribution in [3.63, 3.8) is 0 Å². The van der Waals surface area contributed by atoms with Crippen molar-refractivity contribution in [1.29, 1.82) is 0 Å². The van der Waals surface area contributed by atoms with E-state index in [2.05, 4.69) is 30.6 Å². The molecule has 1 fully saturated rings. The maximum Gasteiger partial charge on any atom is 0.407 e.